The van der Waals surface area contributed by atoms with Crippen molar-refractivity contribution in [3.05, 3.63) is 21.4 Å². The van der Waals surface area contributed by atoms with E-state index in [1.807, 2.05) is 6.07 Å². The summed E-state index contributed by atoms with van der Waals surface area (Å²) in [4.78, 5) is 13.9. The molecule has 84 valence electrons. The minimum Gasteiger partial charge on any atom is -0.465 e. The van der Waals surface area contributed by atoms with Crippen molar-refractivity contribution >= 4 is 17.3 Å². The van der Waals surface area contributed by atoms with E-state index in [-0.39, 0.29) is 5.97 Å². The summed E-state index contributed by atoms with van der Waals surface area (Å²) in [6.45, 7) is 8.47. The van der Waals surface area contributed by atoms with Gasteiger partial charge >= 0.3 is 5.97 Å². The lowest BCUT2D eigenvalue weighted by Gasteiger charge is -2.04. The summed E-state index contributed by atoms with van der Waals surface area (Å²) < 4.78 is 4.79. The highest BCUT2D eigenvalue weighted by atomic mass is 32.1. The molecule has 0 bridgehead atoms. The largest absolute Gasteiger partial charge is 0.465 e. The molecule has 0 saturated heterocycles. The predicted octanol–water partition coefficient (Wildman–Crippen LogP) is 3.78. The van der Waals surface area contributed by atoms with Gasteiger partial charge in [-0.2, -0.15) is 0 Å². The van der Waals surface area contributed by atoms with E-state index in [1.54, 1.807) is 11.3 Å². The van der Waals surface area contributed by atoms with Gasteiger partial charge < -0.3 is 4.74 Å². The molecule has 0 saturated carbocycles. The maximum absolute atomic E-state index is 11.6. The summed E-state index contributed by atoms with van der Waals surface area (Å²) in [6.07, 6.45) is 0. The summed E-state index contributed by atoms with van der Waals surface area (Å²) in [6, 6.07) is 1.97. The zero-order valence-electron chi connectivity index (χ0n) is 9.96. The number of thiophene rings is 1. The Labute approximate surface area is 95.3 Å². The Kier molecular flexibility index (Phi) is 3.91. The normalized spacial score (nSPS) is 11.1. The molecule has 1 heterocycles. The fraction of sp³-hybridized carbons (Fsp3) is 0.583. The van der Waals surface area contributed by atoms with Gasteiger partial charge in [0, 0.05) is 9.75 Å². The van der Waals surface area contributed by atoms with Crippen LogP contribution in [0, 0.1) is 0 Å². The average molecular weight is 226 g/mol. The molecule has 1 aromatic rings. The van der Waals surface area contributed by atoms with Crippen LogP contribution in [-0.2, 0) is 4.74 Å². The lowest BCUT2D eigenvalue weighted by Crippen LogP contribution is -2.03. The molecule has 0 amide bonds. The second-order valence-corrected chi connectivity index (χ2v) is 5.34. The Morgan fingerprint density at radius 1 is 1.27 bits per heavy atom. The van der Waals surface area contributed by atoms with Gasteiger partial charge in [-0.15, -0.1) is 11.3 Å². The van der Waals surface area contributed by atoms with E-state index in [4.69, 9.17) is 4.74 Å². The van der Waals surface area contributed by atoms with Crippen LogP contribution in [0.4, 0.5) is 0 Å². The molecule has 0 aliphatic heterocycles. The van der Waals surface area contributed by atoms with E-state index >= 15 is 0 Å². The molecule has 0 N–H and O–H groups in total. The lowest BCUT2D eigenvalue weighted by atomic mass is 10.1. The second kappa shape index (κ2) is 4.79. The second-order valence-electron chi connectivity index (χ2n) is 4.23. The van der Waals surface area contributed by atoms with Gasteiger partial charge in [-0.05, 0) is 17.9 Å². The van der Waals surface area contributed by atoms with Crippen LogP contribution in [0.3, 0.4) is 0 Å². The fourth-order valence-corrected chi connectivity index (χ4v) is 2.56. The third-order valence-corrected chi connectivity index (χ3v) is 4.01. The number of carbonyl (C=O) groups is 1. The van der Waals surface area contributed by atoms with E-state index in [2.05, 4.69) is 27.7 Å². The molecule has 0 aromatic carbocycles. The molecule has 0 aliphatic rings. The molecule has 0 aliphatic carbocycles. The molecule has 1 rings (SSSR count). The minimum absolute atomic E-state index is 0.221. The summed E-state index contributed by atoms with van der Waals surface area (Å²) >= 11 is 1.72. The summed E-state index contributed by atoms with van der Waals surface area (Å²) in [5.74, 6) is 0.615. The van der Waals surface area contributed by atoms with Crippen molar-refractivity contribution in [1.29, 1.82) is 0 Å². The number of ether oxygens (including phenoxy) is 1. The highest BCUT2D eigenvalue weighted by Gasteiger charge is 2.19. The van der Waals surface area contributed by atoms with Gasteiger partial charge in [0.25, 0.3) is 0 Å². The number of methoxy groups -OCH3 is 1. The van der Waals surface area contributed by atoms with E-state index in [0.29, 0.717) is 11.8 Å². The van der Waals surface area contributed by atoms with Crippen molar-refractivity contribution in [2.75, 3.05) is 7.11 Å². The number of hydrogen-bond donors (Lipinski definition) is 0. The molecule has 2 nitrogen and oxygen atoms in total. The first-order valence-corrected chi connectivity index (χ1v) is 6.01. The smallest absolute Gasteiger partial charge is 0.339 e. The molecule has 0 fully saturated rings. The summed E-state index contributed by atoms with van der Waals surface area (Å²) in [7, 11) is 1.43. The lowest BCUT2D eigenvalue weighted by molar-refractivity contribution is 0.0600. The van der Waals surface area contributed by atoms with Crippen LogP contribution in [0.5, 0.6) is 0 Å². The zero-order valence-corrected chi connectivity index (χ0v) is 10.8. The van der Waals surface area contributed by atoms with Gasteiger partial charge in [-0.3, -0.25) is 0 Å². The van der Waals surface area contributed by atoms with Crippen molar-refractivity contribution in [1.82, 2.24) is 0 Å². The molecule has 15 heavy (non-hydrogen) atoms. The molecular formula is C12H18O2S. The first-order chi connectivity index (χ1) is 6.97. The standard InChI is InChI=1S/C12H18O2S/c1-7(2)10-6-9(12(13)14-5)11(15-10)8(3)4/h6-8H,1-5H3. The molecule has 0 atom stereocenters. The maximum Gasteiger partial charge on any atom is 0.339 e. The highest BCUT2D eigenvalue weighted by Crippen LogP contribution is 2.33. The number of rotatable bonds is 3. The van der Waals surface area contributed by atoms with E-state index in [0.717, 1.165) is 10.4 Å². The van der Waals surface area contributed by atoms with Crippen LogP contribution >= 0.6 is 11.3 Å². The van der Waals surface area contributed by atoms with Crippen LogP contribution in [-0.4, -0.2) is 13.1 Å². The Morgan fingerprint density at radius 3 is 2.27 bits per heavy atom. The SMILES string of the molecule is COC(=O)c1cc(C(C)C)sc1C(C)C. The summed E-state index contributed by atoms with van der Waals surface area (Å²) in [5, 5.41) is 0. The van der Waals surface area contributed by atoms with Crippen LogP contribution in [0.1, 0.15) is 59.6 Å². The van der Waals surface area contributed by atoms with Gasteiger partial charge in [0.05, 0.1) is 12.7 Å². The van der Waals surface area contributed by atoms with Crippen LogP contribution in [0.2, 0.25) is 0 Å². The van der Waals surface area contributed by atoms with Gasteiger partial charge in [0.2, 0.25) is 0 Å². The van der Waals surface area contributed by atoms with Gasteiger partial charge in [0.15, 0.2) is 0 Å². The van der Waals surface area contributed by atoms with Gasteiger partial charge in [-0.25, -0.2) is 4.79 Å². The minimum atomic E-state index is -0.221. The van der Waals surface area contributed by atoms with Crippen molar-refractivity contribution in [2.24, 2.45) is 0 Å². The Morgan fingerprint density at radius 2 is 1.87 bits per heavy atom. The maximum atomic E-state index is 11.6. The fourth-order valence-electron chi connectivity index (χ4n) is 1.41. The molecule has 3 heteroatoms. The third-order valence-electron chi connectivity index (χ3n) is 2.28. The van der Waals surface area contributed by atoms with E-state index in [9.17, 15) is 4.79 Å². The van der Waals surface area contributed by atoms with Gasteiger partial charge in [0.1, 0.15) is 0 Å². The quantitative estimate of drug-likeness (QED) is 0.733. The van der Waals surface area contributed by atoms with Crippen molar-refractivity contribution in [3.8, 4) is 0 Å². The Hall–Kier alpha value is -0.830. The van der Waals surface area contributed by atoms with E-state index in [1.165, 1.54) is 12.0 Å². The summed E-state index contributed by atoms with van der Waals surface area (Å²) in [5.41, 5.74) is 0.737. The van der Waals surface area contributed by atoms with Gasteiger partial charge in [-0.1, -0.05) is 27.7 Å². The highest BCUT2D eigenvalue weighted by molar-refractivity contribution is 7.12. The van der Waals surface area contributed by atoms with Crippen molar-refractivity contribution in [2.45, 2.75) is 39.5 Å². The Bertz CT molecular complexity index is 351. The van der Waals surface area contributed by atoms with E-state index < -0.39 is 0 Å². The number of hydrogen-bond acceptors (Lipinski definition) is 3. The molecule has 0 spiro atoms. The number of esters is 1. The van der Waals surface area contributed by atoms with Crippen LogP contribution < -0.4 is 0 Å². The molecule has 0 radical (unpaired) electrons. The predicted molar refractivity (Wildman–Crippen MR) is 63.8 cm³/mol. The first kappa shape index (κ1) is 12.2. The first-order valence-electron chi connectivity index (χ1n) is 5.19. The number of carbonyl (C=O) groups excluding carboxylic acids is 1. The topological polar surface area (TPSA) is 26.3 Å². The average Bonchev–Trinajstić information content (AvgIpc) is 2.61. The molecule has 1 aromatic heterocycles. The van der Waals surface area contributed by atoms with Crippen LogP contribution in [0.15, 0.2) is 6.07 Å². The van der Waals surface area contributed by atoms with Crippen molar-refractivity contribution < 1.29 is 9.53 Å². The monoisotopic (exact) mass is 226 g/mol. The molecular weight excluding hydrogens is 208 g/mol. The zero-order chi connectivity index (χ0) is 11.6. The molecule has 0 unspecified atom stereocenters. The Balaban J connectivity index is 3.17. The van der Waals surface area contributed by atoms with Crippen molar-refractivity contribution in [3.63, 3.8) is 0 Å². The third kappa shape index (κ3) is 2.59. The van der Waals surface area contributed by atoms with Crippen LogP contribution in [0.25, 0.3) is 0 Å².